The predicted octanol–water partition coefficient (Wildman–Crippen LogP) is 3.49. The molecule has 1 N–H and O–H groups in total. The highest BCUT2D eigenvalue weighted by Gasteiger charge is 2.21. The van der Waals surface area contributed by atoms with Gasteiger partial charge in [0.2, 0.25) is 0 Å². The molecule has 126 valence electrons. The number of para-hydroxylation sites is 1. The third-order valence-corrected chi connectivity index (χ3v) is 5.24. The van der Waals surface area contributed by atoms with Crippen LogP contribution in [0, 0.1) is 5.92 Å². The van der Waals surface area contributed by atoms with Crippen molar-refractivity contribution in [3.63, 3.8) is 0 Å². The molecule has 2 amide bonds. The van der Waals surface area contributed by atoms with E-state index in [2.05, 4.69) is 34.5 Å². The van der Waals surface area contributed by atoms with Crippen LogP contribution >= 0.6 is 0 Å². The van der Waals surface area contributed by atoms with E-state index >= 15 is 0 Å². The van der Waals surface area contributed by atoms with Crippen molar-refractivity contribution in [1.82, 2.24) is 10.2 Å². The van der Waals surface area contributed by atoms with E-state index < -0.39 is 0 Å². The van der Waals surface area contributed by atoms with E-state index in [0.29, 0.717) is 0 Å². The zero-order valence-corrected chi connectivity index (χ0v) is 14.0. The first-order valence-electron chi connectivity index (χ1n) is 9.16. The zero-order valence-electron chi connectivity index (χ0n) is 14.0. The van der Waals surface area contributed by atoms with Crippen LogP contribution in [-0.4, -0.2) is 43.7 Å². The van der Waals surface area contributed by atoms with Crippen molar-refractivity contribution in [3.05, 3.63) is 30.3 Å². The molecule has 1 aromatic rings. The van der Waals surface area contributed by atoms with Gasteiger partial charge in [-0.2, -0.15) is 0 Å². The highest BCUT2D eigenvalue weighted by atomic mass is 16.2. The van der Waals surface area contributed by atoms with Gasteiger partial charge in [-0.15, -0.1) is 0 Å². The molecule has 2 fully saturated rings. The predicted molar refractivity (Wildman–Crippen MR) is 94.8 cm³/mol. The number of piperazine rings is 1. The molecule has 23 heavy (non-hydrogen) atoms. The minimum absolute atomic E-state index is 0.119. The molecule has 0 bridgehead atoms. The smallest absolute Gasteiger partial charge is 0.317 e. The molecule has 3 rings (SSSR count). The van der Waals surface area contributed by atoms with Crippen molar-refractivity contribution in [2.24, 2.45) is 5.92 Å². The topological polar surface area (TPSA) is 35.6 Å². The summed E-state index contributed by atoms with van der Waals surface area (Å²) in [7, 11) is 0. The lowest BCUT2D eigenvalue weighted by molar-refractivity contribution is 0.193. The fourth-order valence-corrected chi connectivity index (χ4v) is 3.78. The minimum Gasteiger partial charge on any atom is -0.368 e. The van der Waals surface area contributed by atoms with E-state index in [1.807, 2.05) is 11.0 Å². The van der Waals surface area contributed by atoms with E-state index in [-0.39, 0.29) is 6.03 Å². The average molecular weight is 315 g/mol. The first kappa shape index (κ1) is 16.2. The first-order valence-corrected chi connectivity index (χ1v) is 9.16. The summed E-state index contributed by atoms with van der Waals surface area (Å²) in [5.74, 6) is 0.832. The molecule has 0 radical (unpaired) electrons. The second-order valence-electron chi connectivity index (χ2n) is 6.83. The molecular formula is C19H29N3O. The van der Waals surface area contributed by atoms with Crippen LogP contribution in [0.15, 0.2) is 30.3 Å². The quantitative estimate of drug-likeness (QED) is 0.923. The summed E-state index contributed by atoms with van der Waals surface area (Å²) in [6.07, 6.45) is 8.00. The standard InChI is InChI=1S/C19H29N3O/c23-19(20-12-11-17-7-3-1-4-8-17)22-15-13-21(14-16-22)18-9-5-2-6-10-18/h2,5-6,9-10,17H,1,3-4,7-8,11-16H2,(H,20,23). The Bertz CT molecular complexity index is 477. The maximum Gasteiger partial charge on any atom is 0.317 e. The van der Waals surface area contributed by atoms with Crippen molar-refractivity contribution in [2.45, 2.75) is 38.5 Å². The fraction of sp³-hybridized carbons (Fsp3) is 0.632. The second-order valence-corrected chi connectivity index (χ2v) is 6.83. The molecular weight excluding hydrogens is 286 g/mol. The summed E-state index contributed by atoms with van der Waals surface area (Å²) >= 11 is 0. The molecule has 1 aliphatic heterocycles. The molecule has 0 aromatic heterocycles. The Labute approximate surface area is 139 Å². The zero-order chi connectivity index (χ0) is 15.9. The monoisotopic (exact) mass is 315 g/mol. The molecule has 4 nitrogen and oxygen atoms in total. The van der Waals surface area contributed by atoms with Crippen molar-refractivity contribution < 1.29 is 4.79 Å². The summed E-state index contributed by atoms with van der Waals surface area (Å²) in [4.78, 5) is 16.6. The molecule has 0 atom stereocenters. The molecule has 1 heterocycles. The van der Waals surface area contributed by atoms with Crippen molar-refractivity contribution >= 4 is 11.7 Å². The van der Waals surface area contributed by atoms with Gasteiger partial charge in [0.1, 0.15) is 0 Å². The lowest BCUT2D eigenvalue weighted by atomic mass is 9.87. The molecule has 0 spiro atoms. The Morgan fingerprint density at radius 3 is 2.39 bits per heavy atom. The van der Waals surface area contributed by atoms with Crippen LogP contribution in [0.5, 0.6) is 0 Å². The molecule has 1 aliphatic carbocycles. The maximum atomic E-state index is 12.3. The normalized spacial score (nSPS) is 19.7. The Balaban J connectivity index is 1.36. The number of benzene rings is 1. The van der Waals surface area contributed by atoms with Gasteiger partial charge in [-0.1, -0.05) is 50.3 Å². The van der Waals surface area contributed by atoms with Crippen LogP contribution in [-0.2, 0) is 0 Å². The summed E-state index contributed by atoms with van der Waals surface area (Å²) in [5.41, 5.74) is 1.25. The highest BCUT2D eigenvalue weighted by molar-refractivity contribution is 5.74. The van der Waals surface area contributed by atoms with Gasteiger partial charge in [-0.3, -0.25) is 0 Å². The SMILES string of the molecule is O=C(NCCC1CCCCC1)N1CCN(c2ccccc2)CC1. The van der Waals surface area contributed by atoms with Crippen LogP contribution in [0.2, 0.25) is 0 Å². The van der Waals surface area contributed by atoms with Crippen LogP contribution in [0.25, 0.3) is 0 Å². The molecule has 1 saturated carbocycles. The largest absolute Gasteiger partial charge is 0.368 e. The van der Waals surface area contributed by atoms with Gasteiger partial charge in [0.05, 0.1) is 0 Å². The Morgan fingerprint density at radius 2 is 1.70 bits per heavy atom. The Kier molecular flexibility index (Phi) is 5.78. The summed E-state index contributed by atoms with van der Waals surface area (Å²) in [6, 6.07) is 10.6. The van der Waals surface area contributed by atoms with E-state index in [9.17, 15) is 4.79 Å². The van der Waals surface area contributed by atoms with Crippen LogP contribution in [0.4, 0.5) is 10.5 Å². The number of rotatable bonds is 4. The molecule has 1 aromatic carbocycles. The molecule has 4 heteroatoms. The summed E-state index contributed by atoms with van der Waals surface area (Å²) < 4.78 is 0. The minimum atomic E-state index is 0.119. The van der Waals surface area contributed by atoms with E-state index in [4.69, 9.17) is 0 Å². The fourth-order valence-electron chi connectivity index (χ4n) is 3.78. The van der Waals surface area contributed by atoms with Crippen LogP contribution < -0.4 is 10.2 Å². The van der Waals surface area contributed by atoms with Crippen LogP contribution in [0.1, 0.15) is 38.5 Å². The number of hydrogen-bond acceptors (Lipinski definition) is 2. The van der Waals surface area contributed by atoms with Crippen LogP contribution in [0.3, 0.4) is 0 Å². The third kappa shape index (κ3) is 4.63. The van der Waals surface area contributed by atoms with Gasteiger partial charge in [0.15, 0.2) is 0 Å². The van der Waals surface area contributed by atoms with Gasteiger partial charge in [-0.25, -0.2) is 4.79 Å². The lowest BCUT2D eigenvalue weighted by Gasteiger charge is -2.36. The Morgan fingerprint density at radius 1 is 1.00 bits per heavy atom. The van der Waals surface area contributed by atoms with Gasteiger partial charge >= 0.3 is 6.03 Å². The van der Waals surface area contributed by atoms with E-state index in [0.717, 1.165) is 45.1 Å². The maximum absolute atomic E-state index is 12.3. The first-order chi connectivity index (χ1) is 11.3. The van der Waals surface area contributed by atoms with E-state index in [1.54, 1.807) is 0 Å². The van der Waals surface area contributed by atoms with Gasteiger partial charge in [-0.05, 0) is 24.5 Å². The van der Waals surface area contributed by atoms with Gasteiger partial charge < -0.3 is 15.1 Å². The summed E-state index contributed by atoms with van der Waals surface area (Å²) in [6.45, 7) is 4.29. The average Bonchev–Trinajstić information content (AvgIpc) is 2.63. The lowest BCUT2D eigenvalue weighted by Crippen LogP contribution is -2.52. The second kappa shape index (κ2) is 8.23. The number of nitrogens with one attached hydrogen (secondary N) is 1. The van der Waals surface area contributed by atoms with E-state index in [1.165, 1.54) is 37.8 Å². The number of amides is 2. The number of hydrogen-bond donors (Lipinski definition) is 1. The molecule has 0 unspecified atom stereocenters. The van der Waals surface area contributed by atoms with Gasteiger partial charge in [0, 0.05) is 38.4 Å². The third-order valence-electron chi connectivity index (χ3n) is 5.24. The number of urea groups is 1. The summed E-state index contributed by atoms with van der Waals surface area (Å²) in [5, 5.41) is 3.12. The van der Waals surface area contributed by atoms with Crippen molar-refractivity contribution in [1.29, 1.82) is 0 Å². The Hall–Kier alpha value is -1.71. The number of carbonyl (C=O) groups is 1. The molecule has 1 saturated heterocycles. The number of carbonyl (C=O) groups excluding carboxylic acids is 1. The van der Waals surface area contributed by atoms with Gasteiger partial charge in [0.25, 0.3) is 0 Å². The van der Waals surface area contributed by atoms with Crippen molar-refractivity contribution in [2.75, 3.05) is 37.6 Å². The molecule has 2 aliphatic rings. The highest BCUT2D eigenvalue weighted by Crippen LogP contribution is 2.25. The van der Waals surface area contributed by atoms with Crippen molar-refractivity contribution in [3.8, 4) is 0 Å². The number of nitrogens with zero attached hydrogens (tertiary/aromatic N) is 2. The number of anilines is 1.